The molecule has 0 bridgehead atoms. The fourth-order valence-corrected chi connectivity index (χ4v) is 5.70. The van der Waals surface area contributed by atoms with Crippen LogP contribution in [0.1, 0.15) is 54.4 Å². The molecule has 2 fully saturated rings. The van der Waals surface area contributed by atoms with Crippen LogP contribution in [0.3, 0.4) is 0 Å². The van der Waals surface area contributed by atoms with Crippen LogP contribution in [0.15, 0.2) is 65.2 Å². The molecule has 4 heterocycles. The second-order valence-electron chi connectivity index (χ2n) is 11.2. The maximum atomic E-state index is 13.4. The van der Waals surface area contributed by atoms with Gasteiger partial charge in [0.25, 0.3) is 5.92 Å². The maximum absolute atomic E-state index is 13.4. The zero-order valence-corrected chi connectivity index (χ0v) is 23.9. The number of aromatic nitrogens is 1. The van der Waals surface area contributed by atoms with E-state index in [1.807, 2.05) is 47.4 Å². The number of furan rings is 1. The normalized spacial score (nSPS) is 17.5. The Morgan fingerprint density at radius 2 is 1.79 bits per heavy atom. The van der Waals surface area contributed by atoms with Crippen molar-refractivity contribution >= 4 is 16.9 Å². The molecule has 7 nitrogen and oxygen atoms in total. The first-order valence-corrected chi connectivity index (χ1v) is 14.8. The van der Waals surface area contributed by atoms with E-state index >= 15 is 0 Å². The Bertz CT molecular complexity index is 1630. The fraction of sp³-hybridized carbons (Fsp3) is 0.382. The average molecular weight is 586 g/mol. The molecule has 2 aliphatic rings. The molecule has 43 heavy (non-hydrogen) atoms. The Morgan fingerprint density at radius 3 is 2.53 bits per heavy atom. The van der Waals surface area contributed by atoms with Crippen LogP contribution in [0.25, 0.3) is 33.6 Å². The number of hydrogen-bond donors (Lipinski definition) is 0. The van der Waals surface area contributed by atoms with Crippen molar-refractivity contribution in [1.29, 1.82) is 5.26 Å². The van der Waals surface area contributed by atoms with Crippen molar-refractivity contribution in [3.05, 3.63) is 71.9 Å². The number of halogens is 2. The van der Waals surface area contributed by atoms with Crippen LogP contribution in [0.2, 0.25) is 0 Å². The molecule has 2 aromatic carbocycles. The number of benzene rings is 2. The van der Waals surface area contributed by atoms with Crippen LogP contribution in [0, 0.1) is 11.3 Å². The van der Waals surface area contributed by atoms with Crippen molar-refractivity contribution in [3.8, 4) is 34.3 Å². The maximum Gasteiger partial charge on any atom is 0.250 e. The smallest absolute Gasteiger partial charge is 0.250 e. The molecule has 2 aromatic heterocycles. The summed E-state index contributed by atoms with van der Waals surface area (Å²) in [5, 5.41) is 9.83. The van der Waals surface area contributed by atoms with Crippen molar-refractivity contribution in [1.82, 2.24) is 9.88 Å². The second-order valence-corrected chi connectivity index (χ2v) is 11.2. The fourth-order valence-electron chi connectivity index (χ4n) is 5.70. The summed E-state index contributed by atoms with van der Waals surface area (Å²) in [5.74, 6) is -1.34. The monoisotopic (exact) mass is 585 g/mol. The summed E-state index contributed by atoms with van der Waals surface area (Å²) < 4.78 is 44.5. The SMILES string of the molecule is N#Cc1cc(-c2ccnc3cc(-c4ccc(C(=O)CCCN5CCC(F)(F)CC5)cc4)oc23)ccc1OC1CCOCC1. The van der Waals surface area contributed by atoms with E-state index in [0.29, 0.717) is 79.4 Å². The van der Waals surface area contributed by atoms with Gasteiger partial charge in [0.1, 0.15) is 29.2 Å². The third-order valence-electron chi connectivity index (χ3n) is 8.24. The first kappa shape index (κ1) is 29.0. The van der Waals surface area contributed by atoms with Crippen LogP contribution in [-0.2, 0) is 4.74 Å². The zero-order chi connectivity index (χ0) is 29.8. The Labute approximate surface area is 249 Å². The molecule has 2 saturated heterocycles. The van der Waals surface area contributed by atoms with Gasteiger partial charge in [0, 0.05) is 74.1 Å². The molecule has 0 amide bonds. The summed E-state index contributed by atoms with van der Waals surface area (Å²) >= 11 is 0. The molecule has 222 valence electrons. The highest BCUT2D eigenvalue weighted by Crippen LogP contribution is 2.36. The number of piperidine rings is 1. The number of nitriles is 1. The first-order valence-electron chi connectivity index (χ1n) is 14.8. The molecule has 9 heteroatoms. The number of fused-ring (bicyclic) bond motifs is 1. The van der Waals surface area contributed by atoms with Gasteiger partial charge >= 0.3 is 0 Å². The molecule has 0 unspecified atom stereocenters. The lowest BCUT2D eigenvalue weighted by Gasteiger charge is -2.31. The molecule has 2 aliphatic heterocycles. The lowest BCUT2D eigenvalue weighted by Crippen LogP contribution is -2.39. The molecule has 0 radical (unpaired) electrons. The molecule has 0 saturated carbocycles. The van der Waals surface area contributed by atoms with Crippen molar-refractivity contribution in [3.63, 3.8) is 0 Å². The third kappa shape index (κ3) is 6.76. The van der Waals surface area contributed by atoms with Crippen LogP contribution < -0.4 is 4.74 Å². The van der Waals surface area contributed by atoms with Gasteiger partial charge in [-0.2, -0.15) is 5.26 Å². The van der Waals surface area contributed by atoms with Gasteiger partial charge in [-0.15, -0.1) is 0 Å². The van der Waals surface area contributed by atoms with E-state index in [1.165, 1.54) is 0 Å². The molecule has 6 rings (SSSR count). The van der Waals surface area contributed by atoms with Crippen molar-refractivity contribution in [2.75, 3.05) is 32.8 Å². The lowest BCUT2D eigenvalue weighted by atomic mass is 10.0. The van der Waals surface area contributed by atoms with Crippen molar-refractivity contribution in [2.45, 2.75) is 50.6 Å². The van der Waals surface area contributed by atoms with Gasteiger partial charge in [0.05, 0.1) is 18.8 Å². The molecule has 0 atom stereocenters. The number of likely N-dealkylation sites (tertiary alicyclic amines) is 1. The number of ether oxygens (including phenoxy) is 2. The molecular weight excluding hydrogens is 552 g/mol. The number of rotatable bonds is 9. The van der Waals surface area contributed by atoms with E-state index in [2.05, 4.69) is 11.1 Å². The van der Waals surface area contributed by atoms with Crippen LogP contribution >= 0.6 is 0 Å². The van der Waals surface area contributed by atoms with Gasteiger partial charge in [-0.05, 0) is 36.7 Å². The summed E-state index contributed by atoms with van der Waals surface area (Å²) in [6.45, 7) is 2.72. The Balaban J connectivity index is 1.13. The number of carbonyl (C=O) groups is 1. The topological polar surface area (TPSA) is 88.6 Å². The predicted octanol–water partition coefficient (Wildman–Crippen LogP) is 7.29. The van der Waals surface area contributed by atoms with Crippen LogP contribution in [0.5, 0.6) is 5.75 Å². The largest absolute Gasteiger partial charge is 0.489 e. The highest BCUT2D eigenvalue weighted by atomic mass is 19.3. The van der Waals surface area contributed by atoms with E-state index in [0.717, 1.165) is 29.5 Å². The van der Waals surface area contributed by atoms with Crippen LogP contribution in [0.4, 0.5) is 8.78 Å². The number of ketones is 1. The van der Waals surface area contributed by atoms with E-state index in [9.17, 15) is 18.8 Å². The highest BCUT2D eigenvalue weighted by Gasteiger charge is 2.33. The van der Waals surface area contributed by atoms with E-state index in [4.69, 9.17) is 13.9 Å². The molecular formula is C34H33F2N3O4. The van der Waals surface area contributed by atoms with Crippen molar-refractivity contribution in [2.24, 2.45) is 0 Å². The summed E-state index contributed by atoms with van der Waals surface area (Å²) in [6.07, 6.45) is 4.13. The molecule has 0 spiro atoms. The van der Waals surface area contributed by atoms with Gasteiger partial charge in [-0.3, -0.25) is 9.78 Å². The number of pyridine rings is 1. The van der Waals surface area contributed by atoms with Gasteiger partial charge < -0.3 is 18.8 Å². The minimum Gasteiger partial charge on any atom is -0.489 e. The number of nitrogens with zero attached hydrogens (tertiary/aromatic N) is 3. The summed E-state index contributed by atoms with van der Waals surface area (Å²) in [6, 6.07) is 18.8. The van der Waals surface area contributed by atoms with Gasteiger partial charge in [-0.25, -0.2) is 8.78 Å². The third-order valence-corrected chi connectivity index (χ3v) is 8.24. The molecule has 0 aliphatic carbocycles. The molecule has 0 N–H and O–H groups in total. The summed E-state index contributed by atoms with van der Waals surface area (Å²) in [5.41, 5.74) is 4.80. The predicted molar refractivity (Wildman–Crippen MR) is 158 cm³/mol. The summed E-state index contributed by atoms with van der Waals surface area (Å²) in [7, 11) is 0. The Kier molecular flexibility index (Phi) is 8.50. The first-order chi connectivity index (χ1) is 20.9. The number of alkyl halides is 2. The van der Waals surface area contributed by atoms with Crippen LogP contribution in [-0.4, -0.2) is 60.5 Å². The number of carbonyl (C=O) groups excluding carboxylic acids is 1. The Hall–Kier alpha value is -4.13. The van der Waals surface area contributed by atoms with E-state index in [1.54, 1.807) is 18.3 Å². The van der Waals surface area contributed by atoms with Gasteiger partial charge in [0.15, 0.2) is 11.4 Å². The average Bonchev–Trinajstić information content (AvgIpc) is 3.47. The van der Waals surface area contributed by atoms with Gasteiger partial charge in [-0.1, -0.05) is 30.3 Å². The number of hydrogen-bond acceptors (Lipinski definition) is 7. The minimum absolute atomic E-state index is 0.0278. The standard InChI is InChI=1S/C34H33F2N3O4/c35-34(36)12-16-39(17-13-34)15-1-2-30(40)23-3-5-24(6-4-23)32-21-29-33(43-32)28(9-14-38-29)25-7-8-31(26(20-25)22-37)42-27-10-18-41-19-11-27/h3-9,14,20-21,27H,1-2,10-13,15-19H2. The lowest BCUT2D eigenvalue weighted by molar-refractivity contribution is -0.0551. The summed E-state index contributed by atoms with van der Waals surface area (Å²) in [4.78, 5) is 19.2. The minimum atomic E-state index is -2.56. The number of Topliss-reactive ketones (excluding diaryl/α,β-unsaturated/α-hetero) is 1. The quantitative estimate of drug-likeness (QED) is 0.191. The van der Waals surface area contributed by atoms with E-state index in [-0.39, 0.29) is 24.7 Å². The van der Waals surface area contributed by atoms with E-state index < -0.39 is 5.92 Å². The van der Waals surface area contributed by atoms with Crippen molar-refractivity contribution < 1.29 is 27.5 Å². The highest BCUT2D eigenvalue weighted by molar-refractivity contribution is 5.97. The van der Waals surface area contributed by atoms with Gasteiger partial charge in [0.2, 0.25) is 0 Å². The second kappa shape index (κ2) is 12.6. The Morgan fingerprint density at radius 1 is 1.05 bits per heavy atom. The zero-order valence-electron chi connectivity index (χ0n) is 23.9. The molecule has 4 aromatic rings.